The predicted molar refractivity (Wildman–Crippen MR) is 91.9 cm³/mol. The number of carboxylic acids is 1. The average Bonchev–Trinajstić information content (AvgIpc) is 2.96. The first kappa shape index (κ1) is 17.3. The molecule has 1 N–H and O–H groups in total. The van der Waals surface area contributed by atoms with Gasteiger partial charge in [-0.2, -0.15) is 0 Å². The van der Waals surface area contributed by atoms with Crippen molar-refractivity contribution in [1.29, 1.82) is 0 Å². The first-order valence-corrected chi connectivity index (χ1v) is 8.47. The minimum Gasteiger partial charge on any atom is -0.481 e. The molecule has 0 bridgehead atoms. The molecule has 0 saturated heterocycles. The summed E-state index contributed by atoms with van der Waals surface area (Å²) >= 11 is 0. The molecule has 0 unspecified atom stereocenters. The van der Waals surface area contributed by atoms with Crippen LogP contribution in [0.3, 0.4) is 0 Å². The summed E-state index contributed by atoms with van der Waals surface area (Å²) in [6.07, 6.45) is 8.26. The van der Waals surface area contributed by atoms with Gasteiger partial charge in [0.05, 0.1) is 5.52 Å². The molecule has 0 aliphatic heterocycles. The number of aryl methyl sites for hydroxylation is 1. The Hall–Kier alpha value is -2.10. The molecule has 0 aliphatic carbocycles. The maximum absolute atomic E-state index is 12.4. The molecule has 0 amide bonds. The zero-order chi connectivity index (χ0) is 16.7. The molecule has 0 fully saturated rings. The first-order valence-electron chi connectivity index (χ1n) is 8.47. The van der Waals surface area contributed by atoms with Gasteiger partial charge in [0.15, 0.2) is 0 Å². The Morgan fingerprint density at radius 3 is 2.61 bits per heavy atom. The molecule has 0 atom stereocenters. The van der Waals surface area contributed by atoms with Crippen molar-refractivity contribution in [2.75, 3.05) is 0 Å². The summed E-state index contributed by atoms with van der Waals surface area (Å²) in [5.74, 6) is -0.881. The van der Waals surface area contributed by atoms with Gasteiger partial charge in [-0.25, -0.2) is 0 Å². The standard InChI is InChI=1S/C19H25NO3/c1-2-3-4-5-8-15-9-6-10-16-13-14-20(19(15)16)17(21)11-7-12-18(22)23/h6,9-10,13-14H,2-5,7-8,11-12H2,1H3,(H,22,23). The molecule has 2 aromatic rings. The zero-order valence-electron chi connectivity index (χ0n) is 13.8. The summed E-state index contributed by atoms with van der Waals surface area (Å²) < 4.78 is 1.70. The van der Waals surface area contributed by atoms with E-state index in [-0.39, 0.29) is 18.7 Å². The van der Waals surface area contributed by atoms with E-state index in [9.17, 15) is 9.59 Å². The summed E-state index contributed by atoms with van der Waals surface area (Å²) in [5.41, 5.74) is 2.19. The van der Waals surface area contributed by atoms with Crippen molar-refractivity contribution in [2.45, 2.75) is 58.3 Å². The Morgan fingerprint density at radius 1 is 1.04 bits per heavy atom. The van der Waals surface area contributed by atoms with Crippen LogP contribution in [0.15, 0.2) is 30.5 Å². The first-order chi connectivity index (χ1) is 11.1. The number of hydrogen-bond donors (Lipinski definition) is 1. The van der Waals surface area contributed by atoms with Crippen LogP contribution in [-0.2, 0) is 11.2 Å². The van der Waals surface area contributed by atoms with E-state index in [0.717, 1.165) is 23.7 Å². The molecule has 124 valence electrons. The average molecular weight is 315 g/mol. The number of fused-ring (bicyclic) bond motifs is 1. The Labute approximate surface area is 137 Å². The number of unbranched alkanes of at least 4 members (excludes halogenated alkanes) is 3. The van der Waals surface area contributed by atoms with Crippen LogP contribution in [0.25, 0.3) is 10.9 Å². The second kappa shape index (κ2) is 8.51. The van der Waals surface area contributed by atoms with Gasteiger partial charge in [-0.1, -0.05) is 44.4 Å². The van der Waals surface area contributed by atoms with E-state index in [4.69, 9.17) is 5.11 Å². The SMILES string of the molecule is CCCCCCc1cccc2ccn(C(=O)CCCC(=O)O)c12. The topological polar surface area (TPSA) is 59.3 Å². The van der Waals surface area contributed by atoms with Gasteiger partial charge in [0.1, 0.15) is 0 Å². The van der Waals surface area contributed by atoms with E-state index in [1.54, 1.807) is 4.57 Å². The monoisotopic (exact) mass is 315 g/mol. The quantitative estimate of drug-likeness (QED) is 0.685. The molecule has 2 rings (SSSR count). The van der Waals surface area contributed by atoms with Crippen molar-refractivity contribution in [1.82, 2.24) is 4.57 Å². The minimum atomic E-state index is -0.855. The zero-order valence-corrected chi connectivity index (χ0v) is 13.8. The van der Waals surface area contributed by atoms with Gasteiger partial charge in [-0.05, 0) is 30.9 Å². The lowest BCUT2D eigenvalue weighted by Crippen LogP contribution is -2.11. The number of nitrogens with zero attached hydrogens (tertiary/aromatic N) is 1. The van der Waals surface area contributed by atoms with Gasteiger partial charge in [-0.3, -0.25) is 14.2 Å². The van der Waals surface area contributed by atoms with E-state index in [1.807, 2.05) is 24.4 Å². The number of rotatable bonds is 9. The van der Waals surface area contributed by atoms with Crippen LogP contribution in [0.5, 0.6) is 0 Å². The number of aliphatic carboxylic acids is 1. The van der Waals surface area contributed by atoms with E-state index in [2.05, 4.69) is 13.0 Å². The fraction of sp³-hybridized carbons (Fsp3) is 0.474. The molecule has 1 aromatic carbocycles. The van der Waals surface area contributed by atoms with Gasteiger partial charge < -0.3 is 5.11 Å². The lowest BCUT2D eigenvalue weighted by atomic mass is 10.0. The molecule has 0 spiro atoms. The van der Waals surface area contributed by atoms with E-state index < -0.39 is 5.97 Å². The molecular formula is C19H25NO3. The van der Waals surface area contributed by atoms with Crippen LogP contribution in [0.1, 0.15) is 62.2 Å². The van der Waals surface area contributed by atoms with Crippen LogP contribution in [0.4, 0.5) is 0 Å². The highest BCUT2D eigenvalue weighted by atomic mass is 16.4. The van der Waals surface area contributed by atoms with Crippen LogP contribution >= 0.6 is 0 Å². The Balaban J connectivity index is 2.13. The van der Waals surface area contributed by atoms with Crippen LogP contribution in [-0.4, -0.2) is 21.6 Å². The van der Waals surface area contributed by atoms with Crippen molar-refractivity contribution in [2.24, 2.45) is 0 Å². The van der Waals surface area contributed by atoms with Crippen molar-refractivity contribution in [3.63, 3.8) is 0 Å². The second-order valence-corrected chi connectivity index (χ2v) is 5.99. The van der Waals surface area contributed by atoms with Crippen molar-refractivity contribution in [3.05, 3.63) is 36.0 Å². The number of carbonyl (C=O) groups excluding carboxylic acids is 1. The highest BCUT2D eigenvalue weighted by Crippen LogP contribution is 2.23. The number of para-hydroxylation sites is 1. The summed E-state index contributed by atoms with van der Waals surface area (Å²) in [6, 6.07) is 8.11. The summed E-state index contributed by atoms with van der Waals surface area (Å²) in [5, 5.41) is 9.77. The molecule has 0 radical (unpaired) electrons. The number of carbonyl (C=O) groups is 2. The maximum Gasteiger partial charge on any atom is 0.303 e. The smallest absolute Gasteiger partial charge is 0.303 e. The highest BCUT2D eigenvalue weighted by molar-refractivity contribution is 5.94. The minimum absolute atomic E-state index is 0.0257. The number of benzene rings is 1. The molecule has 1 heterocycles. The Morgan fingerprint density at radius 2 is 1.87 bits per heavy atom. The van der Waals surface area contributed by atoms with Crippen LogP contribution in [0, 0.1) is 0 Å². The largest absolute Gasteiger partial charge is 0.481 e. The van der Waals surface area contributed by atoms with E-state index >= 15 is 0 Å². The molecule has 4 nitrogen and oxygen atoms in total. The van der Waals surface area contributed by atoms with Crippen molar-refractivity contribution in [3.8, 4) is 0 Å². The summed E-state index contributed by atoms with van der Waals surface area (Å²) in [6.45, 7) is 2.20. The molecule has 23 heavy (non-hydrogen) atoms. The van der Waals surface area contributed by atoms with E-state index in [1.165, 1.54) is 24.8 Å². The number of hydrogen-bond acceptors (Lipinski definition) is 2. The molecule has 0 aliphatic rings. The third-order valence-electron chi connectivity index (χ3n) is 4.14. The third-order valence-corrected chi connectivity index (χ3v) is 4.14. The maximum atomic E-state index is 12.4. The lowest BCUT2D eigenvalue weighted by Gasteiger charge is -2.09. The van der Waals surface area contributed by atoms with Crippen LogP contribution in [0.2, 0.25) is 0 Å². The fourth-order valence-electron chi connectivity index (χ4n) is 2.93. The number of aromatic nitrogens is 1. The predicted octanol–water partition coefficient (Wildman–Crippen LogP) is 4.66. The van der Waals surface area contributed by atoms with Gasteiger partial charge in [0.25, 0.3) is 0 Å². The molecule has 0 saturated carbocycles. The van der Waals surface area contributed by atoms with Crippen molar-refractivity contribution < 1.29 is 14.7 Å². The Bertz CT molecular complexity index is 672. The molecule has 4 heteroatoms. The fourth-order valence-corrected chi connectivity index (χ4v) is 2.93. The Kier molecular flexibility index (Phi) is 6.39. The van der Waals surface area contributed by atoms with Crippen molar-refractivity contribution >= 4 is 22.8 Å². The number of carboxylic acid groups (broad SMARTS) is 1. The summed E-state index contributed by atoms with van der Waals surface area (Å²) in [4.78, 5) is 23.0. The third kappa shape index (κ3) is 4.68. The van der Waals surface area contributed by atoms with Gasteiger partial charge in [-0.15, -0.1) is 0 Å². The summed E-state index contributed by atoms with van der Waals surface area (Å²) in [7, 11) is 0. The van der Waals surface area contributed by atoms with E-state index in [0.29, 0.717) is 6.42 Å². The van der Waals surface area contributed by atoms with Gasteiger partial charge >= 0.3 is 5.97 Å². The highest BCUT2D eigenvalue weighted by Gasteiger charge is 2.12. The van der Waals surface area contributed by atoms with Crippen LogP contribution < -0.4 is 0 Å². The lowest BCUT2D eigenvalue weighted by molar-refractivity contribution is -0.137. The normalized spacial score (nSPS) is 11.0. The second-order valence-electron chi connectivity index (χ2n) is 5.99. The van der Waals surface area contributed by atoms with Gasteiger partial charge in [0, 0.05) is 24.4 Å². The molecular weight excluding hydrogens is 290 g/mol. The van der Waals surface area contributed by atoms with Gasteiger partial charge in [0.2, 0.25) is 5.91 Å². The molecule has 1 aromatic heterocycles.